The van der Waals surface area contributed by atoms with Crippen LogP contribution in [0.4, 0.5) is 0 Å². The van der Waals surface area contributed by atoms with E-state index in [0.717, 1.165) is 21.6 Å². The molecule has 0 aliphatic rings. The van der Waals surface area contributed by atoms with Gasteiger partial charge in [-0.05, 0) is 42.8 Å². The Morgan fingerprint density at radius 2 is 1.86 bits per heavy atom. The average molecular weight is 302 g/mol. The zero-order valence-electron chi connectivity index (χ0n) is 11.4. The first-order chi connectivity index (χ1) is 10.1. The number of ether oxygens (including phenoxy) is 1. The van der Waals surface area contributed by atoms with Gasteiger partial charge in [0.15, 0.2) is 6.61 Å². The van der Waals surface area contributed by atoms with Crippen molar-refractivity contribution in [1.29, 1.82) is 0 Å². The topological polar surface area (TPSA) is 63.6 Å². The molecule has 0 unspecified atom stereocenters. The van der Waals surface area contributed by atoms with E-state index in [-0.39, 0.29) is 6.61 Å². The second kappa shape index (κ2) is 6.95. The molecule has 4 nitrogen and oxygen atoms in total. The molecule has 0 saturated carbocycles. The van der Waals surface area contributed by atoms with Crippen LogP contribution in [0.5, 0.6) is 5.75 Å². The van der Waals surface area contributed by atoms with Gasteiger partial charge in [-0.2, -0.15) is 0 Å². The third-order valence-corrected chi connectivity index (χ3v) is 3.75. The summed E-state index contributed by atoms with van der Waals surface area (Å²) < 4.78 is 5.19. The van der Waals surface area contributed by atoms with Gasteiger partial charge in [0.25, 0.3) is 0 Å². The van der Waals surface area contributed by atoms with Crippen LogP contribution in [0.2, 0.25) is 0 Å². The molecule has 108 valence electrons. The molecule has 0 spiro atoms. The normalized spacial score (nSPS) is 10.1. The number of aliphatic carboxylic acids is 1. The van der Waals surface area contributed by atoms with Crippen LogP contribution in [-0.2, 0) is 4.79 Å². The molecule has 0 bridgehead atoms. The quantitative estimate of drug-likeness (QED) is 0.828. The van der Waals surface area contributed by atoms with Crippen LogP contribution >= 0.6 is 11.8 Å². The molecule has 0 amide bonds. The Hall–Kier alpha value is -2.27. The van der Waals surface area contributed by atoms with Crippen LogP contribution in [0.3, 0.4) is 0 Å². The number of aryl methyl sites for hydroxylation is 1. The largest absolute Gasteiger partial charge is 0.482 e. The van der Waals surface area contributed by atoms with Crippen LogP contribution in [-0.4, -0.2) is 24.0 Å². The molecule has 21 heavy (non-hydrogen) atoms. The minimum Gasteiger partial charge on any atom is -0.482 e. The number of carbonyl (C=O) groups is 2. The highest BCUT2D eigenvalue weighted by Gasteiger charge is 2.05. The van der Waals surface area contributed by atoms with E-state index in [1.807, 2.05) is 31.2 Å². The van der Waals surface area contributed by atoms with E-state index in [4.69, 9.17) is 9.84 Å². The van der Waals surface area contributed by atoms with Crippen molar-refractivity contribution in [2.24, 2.45) is 0 Å². The standard InChI is InChI=1S/C16H14O4S/c1-11-8-14(6-7-15(11)20-10-16(18)19)21-13-4-2-12(9-17)3-5-13/h2-9H,10H2,1H3,(H,18,19). The van der Waals surface area contributed by atoms with Crippen LogP contribution in [0.1, 0.15) is 15.9 Å². The summed E-state index contributed by atoms with van der Waals surface area (Å²) >= 11 is 1.57. The molecule has 1 N–H and O–H groups in total. The van der Waals surface area contributed by atoms with Crippen molar-refractivity contribution in [2.45, 2.75) is 16.7 Å². The molecule has 0 fully saturated rings. The van der Waals surface area contributed by atoms with Gasteiger partial charge < -0.3 is 9.84 Å². The molecule has 0 atom stereocenters. The lowest BCUT2D eigenvalue weighted by atomic mass is 10.2. The number of carboxylic acids is 1. The summed E-state index contributed by atoms with van der Waals surface area (Å²) in [4.78, 5) is 23.1. The molecule has 0 aliphatic carbocycles. The Labute approximate surface area is 126 Å². The highest BCUT2D eigenvalue weighted by Crippen LogP contribution is 2.31. The van der Waals surface area contributed by atoms with E-state index < -0.39 is 5.97 Å². The molecular weight excluding hydrogens is 288 g/mol. The van der Waals surface area contributed by atoms with Crippen molar-refractivity contribution >= 4 is 24.0 Å². The minimum atomic E-state index is -0.997. The second-order valence-electron chi connectivity index (χ2n) is 4.40. The SMILES string of the molecule is Cc1cc(Sc2ccc(C=O)cc2)ccc1OCC(=O)O. The Kier molecular flexibility index (Phi) is 5.00. The first-order valence-corrected chi connectivity index (χ1v) is 7.08. The van der Waals surface area contributed by atoms with Crippen molar-refractivity contribution in [2.75, 3.05) is 6.61 Å². The first kappa shape index (κ1) is 15.1. The van der Waals surface area contributed by atoms with E-state index in [1.54, 1.807) is 30.0 Å². The van der Waals surface area contributed by atoms with Crippen LogP contribution in [0, 0.1) is 6.92 Å². The van der Waals surface area contributed by atoms with Crippen LogP contribution in [0.25, 0.3) is 0 Å². The summed E-state index contributed by atoms with van der Waals surface area (Å²) in [5.74, 6) is -0.429. The molecule has 0 heterocycles. The summed E-state index contributed by atoms with van der Waals surface area (Å²) in [5, 5.41) is 8.60. The lowest BCUT2D eigenvalue weighted by Gasteiger charge is -2.09. The van der Waals surface area contributed by atoms with Gasteiger partial charge in [0, 0.05) is 15.4 Å². The maximum atomic E-state index is 10.6. The Balaban J connectivity index is 2.08. The highest BCUT2D eigenvalue weighted by molar-refractivity contribution is 7.99. The molecule has 5 heteroatoms. The third kappa shape index (κ3) is 4.36. The van der Waals surface area contributed by atoms with Crippen molar-refractivity contribution in [1.82, 2.24) is 0 Å². The van der Waals surface area contributed by atoms with Gasteiger partial charge in [0.2, 0.25) is 0 Å². The van der Waals surface area contributed by atoms with Crippen molar-refractivity contribution in [3.05, 3.63) is 53.6 Å². The molecular formula is C16H14O4S. The maximum Gasteiger partial charge on any atom is 0.341 e. The molecule has 2 rings (SSSR count). The fourth-order valence-corrected chi connectivity index (χ4v) is 2.65. The monoisotopic (exact) mass is 302 g/mol. The molecule has 0 aliphatic heterocycles. The fraction of sp³-hybridized carbons (Fsp3) is 0.125. The highest BCUT2D eigenvalue weighted by atomic mass is 32.2. The van der Waals surface area contributed by atoms with Crippen LogP contribution < -0.4 is 4.74 Å². The predicted molar refractivity (Wildman–Crippen MR) is 80.3 cm³/mol. The smallest absolute Gasteiger partial charge is 0.341 e. The predicted octanol–water partition coefficient (Wildman–Crippen LogP) is 3.42. The second-order valence-corrected chi connectivity index (χ2v) is 5.55. The summed E-state index contributed by atoms with van der Waals surface area (Å²) in [5.41, 5.74) is 1.53. The van der Waals surface area contributed by atoms with Gasteiger partial charge in [-0.15, -0.1) is 0 Å². The van der Waals surface area contributed by atoms with Gasteiger partial charge in [0.05, 0.1) is 0 Å². The average Bonchev–Trinajstić information content (AvgIpc) is 2.47. The van der Waals surface area contributed by atoms with E-state index in [1.165, 1.54) is 0 Å². The molecule has 2 aromatic carbocycles. The zero-order valence-corrected chi connectivity index (χ0v) is 12.2. The fourth-order valence-electron chi connectivity index (χ4n) is 1.74. The summed E-state index contributed by atoms with van der Waals surface area (Å²) in [6.45, 7) is 1.53. The zero-order chi connectivity index (χ0) is 15.2. The Morgan fingerprint density at radius 1 is 1.19 bits per heavy atom. The van der Waals surface area contributed by atoms with E-state index in [9.17, 15) is 9.59 Å². The van der Waals surface area contributed by atoms with Gasteiger partial charge in [-0.1, -0.05) is 23.9 Å². The lowest BCUT2D eigenvalue weighted by Crippen LogP contribution is -2.09. The number of aldehydes is 1. The number of carbonyl (C=O) groups excluding carboxylic acids is 1. The summed E-state index contributed by atoms with van der Waals surface area (Å²) in [7, 11) is 0. The van der Waals surface area contributed by atoms with Gasteiger partial charge in [-0.3, -0.25) is 4.79 Å². The van der Waals surface area contributed by atoms with E-state index in [0.29, 0.717) is 11.3 Å². The Morgan fingerprint density at radius 3 is 2.43 bits per heavy atom. The van der Waals surface area contributed by atoms with Gasteiger partial charge in [0.1, 0.15) is 12.0 Å². The van der Waals surface area contributed by atoms with Crippen molar-refractivity contribution in [3.63, 3.8) is 0 Å². The number of benzene rings is 2. The molecule has 2 aromatic rings. The van der Waals surface area contributed by atoms with Crippen LogP contribution in [0.15, 0.2) is 52.3 Å². The number of hydrogen-bond donors (Lipinski definition) is 1. The molecule has 0 aromatic heterocycles. The first-order valence-electron chi connectivity index (χ1n) is 6.27. The van der Waals surface area contributed by atoms with E-state index >= 15 is 0 Å². The van der Waals surface area contributed by atoms with Crippen molar-refractivity contribution in [3.8, 4) is 5.75 Å². The van der Waals surface area contributed by atoms with E-state index in [2.05, 4.69) is 0 Å². The number of hydrogen-bond acceptors (Lipinski definition) is 4. The number of rotatable bonds is 6. The van der Waals surface area contributed by atoms with Gasteiger partial charge >= 0.3 is 5.97 Å². The lowest BCUT2D eigenvalue weighted by molar-refractivity contribution is -0.139. The summed E-state index contributed by atoms with van der Waals surface area (Å²) in [6, 6.07) is 12.9. The van der Waals surface area contributed by atoms with Gasteiger partial charge in [-0.25, -0.2) is 4.79 Å². The summed E-state index contributed by atoms with van der Waals surface area (Å²) in [6.07, 6.45) is 0.813. The molecule has 0 radical (unpaired) electrons. The minimum absolute atomic E-state index is 0.347. The third-order valence-electron chi connectivity index (χ3n) is 2.75. The molecule has 0 saturated heterocycles. The Bertz CT molecular complexity index is 650. The maximum absolute atomic E-state index is 10.6. The van der Waals surface area contributed by atoms with Crippen molar-refractivity contribution < 1.29 is 19.4 Å². The number of carboxylic acid groups (broad SMARTS) is 1.